The van der Waals surface area contributed by atoms with E-state index in [4.69, 9.17) is 0 Å². The minimum absolute atomic E-state index is 0.142. The van der Waals surface area contributed by atoms with Crippen molar-refractivity contribution in [2.45, 2.75) is 32.7 Å². The molecule has 0 aliphatic carbocycles. The number of nitrogens with one attached hydrogen (secondary N) is 3. The zero-order valence-corrected chi connectivity index (χ0v) is 18.9. The van der Waals surface area contributed by atoms with Gasteiger partial charge in [-0.15, -0.1) is 0 Å². The van der Waals surface area contributed by atoms with Gasteiger partial charge in [-0.1, -0.05) is 50.2 Å². The number of hydrogen-bond acceptors (Lipinski definition) is 3. The predicted octanol–water partition coefficient (Wildman–Crippen LogP) is 3.40. The number of rotatable bonds is 9. The largest absolute Gasteiger partial charge is 0.361 e. The van der Waals surface area contributed by atoms with Gasteiger partial charge in [0.2, 0.25) is 11.8 Å². The van der Waals surface area contributed by atoms with Crippen molar-refractivity contribution in [2.24, 2.45) is 5.92 Å². The topological polar surface area (TPSA) is 91.8 Å². The van der Waals surface area contributed by atoms with Gasteiger partial charge in [-0.25, -0.2) is 4.68 Å². The summed E-state index contributed by atoms with van der Waals surface area (Å²) in [5.41, 5.74) is 3.88. The van der Waals surface area contributed by atoms with Gasteiger partial charge in [0.1, 0.15) is 6.04 Å². The average molecular weight is 444 g/mol. The summed E-state index contributed by atoms with van der Waals surface area (Å²) in [6.07, 6.45) is 4.83. The van der Waals surface area contributed by atoms with Gasteiger partial charge < -0.3 is 15.6 Å². The molecule has 0 aliphatic rings. The van der Waals surface area contributed by atoms with E-state index in [1.165, 1.54) is 0 Å². The minimum atomic E-state index is -0.652. The Balaban J connectivity index is 1.40. The fraction of sp³-hybridized carbons (Fsp3) is 0.269. The van der Waals surface area contributed by atoms with Gasteiger partial charge in [0.25, 0.3) is 0 Å². The Bertz CT molecular complexity index is 1230. The second-order valence-corrected chi connectivity index (χ2v) is 8.41. The van der Waals surface area contributed by atoms with Crippen molar-refractivity contribution < 1.29 is 9.59 Å². The molecule has 0 spiro atoms. The average Bonchev–Trinajstić information content (AvgIpc) is 3.46. The van der Waals surface area contributed by atoms with E-state index >= 15 is 0 Å². The molecule has 2 amide bonds. The third kappa shape index (κ3) is 5.49. The summed E-state index contributed by atoms with van der Waals surface area (Å²) in [7, 11) is 0. The molecular weight excluding hydrogens is 414 g/mol. The Kier molecular flexibility index (Phi) is 6.88. The first-order valence-electron chi connectivity index (χ1n) is 11.2. The van der Waals surface area contributed by atoms with Crippen molar-refractivity contribution >= 4 is 22.7 Å². The normalized spacial score (nSPS) is 12.1. The SMILES string of the molecule is CC(C)C(=O)NC(Cc1c[nH]c2ccccc12)C(=O)NCCc1ccn(-c2ccccc2)n1. The minimum Gasteiger partial charge on any atom is -0.361 e. The van der Waals surface area contributed by atoms with E-state index in [9.17, 15) is 9.59 Å². The second-order valence-electron chi connectivity index (χ2n) is 8.41. The smallest absolute Gasteiger partial charge is 0.242 e. The van der Waals surface area contributed by atoms with Gasteiger partial charge in [0, 0.05) is 48.6 Å². The summed E-state index contributed by atoms with van der Waals surface area (Å²) in [6, 6.07) is 19.1. The number of hydrogen-bond donors (Lipinski definition) is 3. The monoisotopic (exact) mass is 443 g/mol. The molecule has 7 nitrogen and oxygen atoms in total. The second kappa shape index (κ2) is 10.2. The molecule has 33 heavy (non-hydrogen) atoms. The van der Waals surface area contributed by atoms with Crippen LogP contribution < -0.4 is 10.6 Å². The molecule has 0 saturated carbocycles. The number of aromatic amines is 1. The van der Waals surface area contributed by atoms with E-state index in [2.05, 4.69) is 20.7 Å². The summed E-state index contributed by atoms with van der Waals surface area (Å²) < 4.78 is 1.82. The van der Waals surface area contributed by atoms with Gasteiger partial charge in [-0.2, -0.15) is 5.10 Å². The number of fused-ring (bicyclic) bond motifs is 1. The molecule has 4 aromatic rings. The first-order chi connectivity index (χ1) is 16.0. The van der Waals surface area contributed by atoms with E-state index in [0.29, 0.717) is 19.4 Å². The molecule has 1 unspecified atom stereocenters. The molecule has 7 heteroatoms. The molecule has 4 rings (SSSR count). The van der Waals surface area contributed by atoms with Gasteiger partial charge >= 0.3 is 0 Å². The Morgan fingerprint density at radius 2 is 1.76 bits per heavy atom. The number of para-hydroxylation sites is 2. The van der Waals surface area contributed by atoms with Crippen molar-refractivity contribution in [3.8, 4) is 5.69 Å². The lowest BCUT2D eigenvalue weighted by Crippen LogP contribution is -2.49. The first-order valence-corrected chi connectivity index (χ1v) is 11.2. The van der Waals surface area contributed by atoms with Crippen LogP contribution in [0.2, 0.25) is 0 Å². The standard InChI is InChI=1S/C26H29N5O2/c1-18(2)25(32)29-24(16-19-17-28-23-11-7-6-10-22(19)23)26(33)27-14-12-20-13-15-31(30-20)21-8-4-3-5-9-21/h3-11,13,15,17-18,24,28H,12,14,16H2,1-2H3,(H,27,33)(H,29,32). The lowest BCUT2D eigenvalue weighted by atomic mass is 10.0. The zero-order chi connectivity index (χ0) is 23.2. The number of carbonyl (C=O) groups is 2. The summed E-state index contributed by atoms with van der Waals surface area (Å²) >= 11 is 0. The summed E-state index contributed by atoms with van der Waals surface area (Å²) in [4.78, 5) is 28.6. The summed E-state index contributed by atoms with van der Waals surface area (Å²) in [6.45, 7) is 4.07. The van der Waals surface area contributed by atoms with Gasteiger partial charge in [-0.05, 0) is 29.8 Å². The molecule has 0 radical (unpaired) electrons. The van der Waals surface area contributed by atoms with Crippen LogP contribution >= 0.6 is 0 Å². The van der Waals surface area contributed by atoms with E-state index in [1.807, 2.05) is 91.6 Å². The molecule has 1 atom stereocenters. The Hall–Kier alpha value is -3.87. The lowest BCUT2D eigenvalue weighted by Gasteiger charge is -2.19. The third-order valence-electron chi connectivity index (χ3n) is 5.60. The van der Waals surface area contributed by atoms with Gasteiger partial charge in [0.15, 0.2) is 0 Å². The molecule has 0 bridgehead atoms. The Morgan fingerprint density at radius 3 is 2.55 bits per heavy atom. The maximum Gasteiger partial charge on any atom is 0.242 e. The molecule has 170 valence electrons. The van der Waals surface area contributed by atoms with Crippen LogP contribution in [0.3, 0.4) is 0 Å². The molecule has 3 N–H and O–H groups in total. The number of amides is 2. The molecule has 2 aromatic heterocycles. The van der Waals surface area contributed by atoms with Crippen LogP contribution in [0, 0.1) is 5.92 Å². The van der Waals surface area contributed by atoms with Crippen LogP contribution in [-0.2, 0) is 22.4 Å². The van der Waals surface area contributed by atoms with Gasteiger partial charge in [0.05, 0.1) is 11.4 Å². The maximum absolute atomic E-state index is 13.0. The summed E-state index contributed by atoms with van der Waals surface area (Å²) in [5, 5.41) is 11.5. The molecular formula is C26H29N5O2. The third-order valence-corrected chi connectivity index (χ3v) is 5.60. The highest BCUT2D eigenvalue weighted by atomic mass is 16.2. The summed E-state index contributed by atoms with van der Waals surface area (Å²) in [5.74, 6) is -0.543. The molecule has 0 saturated heterocycles. The van der Waals surface area contributed by atoms with Crippen molar-refractivity contribution in [1.82, 2.24) is 25.4 Å². The lowest BCUT2D eigenvalue weighted by molar-refractivity contribution is -0.130. The van der Waals surface area contributed by atoms with Crippen LogP contribution in [-0.4, -0.2) is 39.2 Å². The Labute approximate surface area is 193 Å². The van der Waals surface area contributed by atoms with Crippen molar-refractivity contribution in [3.05, 3.63) is 84.3 Å². The van der Waals surface area contributed by atoms with E-state index < -0.39 is 6.04 Å². The molecule has 2 aromatic carbocycles. The number of nitrogens with zero attached hydrogens (tertiary/aromatic N) is 2. The van der Waals surface area contributed by atoms with Crippen LogP contribution in [0.15, 0.2) is 73.1 Å². The number of H-pyrrole nitrogens is 1. The van der Waals surface area contributed by atoms with Crippen LogP contribution in [0.1, 0.15) is 25.1 Å². The van der Waals surface area contributed by atoms with Crippen molar-refractivity contribution in [3.63, 3.8) is 0 Å². The number of carbonyl (C=O) groups excluding carboxylic acids is 2. The van der Waals surface area contributed by atoms with E-state index in [1.54, 1.807) is 0 Å². The fourth-order valence-electron chi connectivity index (χ4n) is 3.72. The fourth-order valence-corrected chi connectivity index (χ4v) is 3.72. The number of benzene rings is 2. The molecule has 2 heterocycles. The van der Waals surface area contributed by atoms with Crippen molar-refractivity contribution in [1.29, 1.82) is 0 Å². The van der Waals surface area contributed by atoms with Crippen molar-refractivity contribution in [2.75, 3.05) is 6.54 Å². The Morgan fingerprint density at radius 1 is 1.00 bits per heavy atom. The van der Waals surface area contributed by atoms with Crippen LogP contribution in [0.5, 0.6) is 0 Å². The van der Waals surface area contributed by atoms with Crippen LogP contribution in [0.4, 0.5) is 0 Å². The highest BCUT2D eigenvalue weighted by Crippen LogP contribution is 2.19. The van der Waals surface area contributed by atoms with Crippen LogP contribution in [0.25, 0.3) is 16.6 Å². The van der Waals surface area contributed by atoms with Gasteiger partial charge in [-0.3, -0.25) is 9.59 Å². The van der Waals surface area contributed by atoms with E-state index in [0.717, 1.165) is 27.8 Å². The zero-order valence-electron chi connectivity index (χ0n) is 18.9. The first kappa shape index (κ1) is 22.3. The molecule has 0 aliphatic heterocycles. The highest BCUT2D eigenvalue weighted by Gasteiger charge is 2.23. The number of aromatic nitrogens is 3. The maximum atomic E-state index is 13.0. The van der Waals surface area contributed by atoms with E-state index in [-0.39, 0.29) is 17.7 Å². The predicted molar refractivity (Wildman–Crippen MR) is 129 cm³/mol. The quantitative estimate of drug-likeness (QED) is 0.370. The molecule has 0 fully saturated rings. The highest BCUT2D eigenvalue weighted by molar-refractivity contribution is 5.90.